The van der Waals surface area contributed by atoms with Gasteiger partial charge in [0.2, 0.25) is 0 Å². The molecule has 0 aliphatic carbocycles. The fourth-order valence-electron chi connectivity index (χ4n) is 1.99. The van der Waals surface area contributed by atoms with Crippen LogP contribution in [-0.2, 0) is 9.47 Å². The van der Waals surface area contributed by atoms with E-state index in [-0.39, 0.29) is 6.04 Å². The lowest BCUT2D eigenvalue weighted by Gasteiger charge is -2.23. The van der Waals surface area contributed by atoms with Crippen LogP contribution in [0.5, 0.6) is 0 Å². The van der Waals surface area contributed by atoms with Gasteiger partial charge in [-0.25, -0.2) is 0 Å². The van der Waals surface area contributed by atoms with Gasteiger partial charge in [0, 0.05) is 39.5 Å². The highest BCUT2D eigenvalue weighted by atomic mass is 16.5. The lowest BCUT2D eigenvalue weighted by atomic mass is 10.1. The minimum Gasteiger partial charge on any atom is -0.385 e. The highest BCUT2D eigenvalue weighted by Gasteiger charge is 2.13. The molecule has 1 aliphatic rings. The lowest BCUT2D eigenvalue weighted by Crippen LogP contribution is -2.39. The van der Waals surface area contributed by atoms with E-state index in [1.165, 1.54) is 19.3 Å². The summed E-state index contributed by atoms with van der Waals surface area (Å²) in [5, 5.41) is 3.39. The van der Waals surface area contributed by atoms with Gasteiger partial charge in [0.1, 0.15) is 0 Å². The fraction of sp³-hybridized carbons (Fsp3) is 1.00. The van der Waals surface area contributed by atoms with Crippen LogP contribution >= 0.6 is 0 Å². The summed E-state index contributed by atoms with van der Waals surface area (Å²) in [6, 6.07) is 0.235. The monoisotopic (exact) mass is 230 g/mol. The van der Waals surface area contributed by atoms with Gasteiger partial charge < -0.3 is 20.5 Å². The molecule has 4 heteroatoms. The second-order valence-electron chi connectivity index (χ2n) is 4.54. The molecule has 1 aliphatic heterocycles. The Morgan fingerprint density at radius 2 is 2.38 bits per heavy atom. The predicted octanol–water partition coefficient (Wildman–Crippen LogP) is 0.899. The van der Waals surface area contributed by atoms with E-state index in [0.29, 0.717) is 6.10 Å². The summed E-state index contributed by atoms with van der Waals surface area (Å²) in [5.41, 5.74) is 5.97. The molecule has 3 N–H and O–H groups in total. The van der Waals surface area contributed by atoms with Crippen molar-refractivity contribution >= 4 is 0 Å². The van der Waals surface area contributed by atoms with Crippen LogP contribution in [0.1, 0.15) is 32.1 Å². The molecule has 1 heterocycles. The van der Waals surface area contributed by atoms with E-state index >= 15 is 0 Å². The van der Waals surface area contributed by atoms with Crippen molar-refractivity contribution in [3.8, 4) is 0 Å². The SMILES string of the molecule is COCCCC(N)CNCC1CCCCO1. The summed E-state index contributed by atoms with van der Waals surface area (Å²) in [6.07, 6.45) is 6.16. The number of nitrogens with two attached hydrogens (primary N) is 1. The van der Waals surface area contributed by atoms with Gasteiger partial charge in [-0.3, -0.25) is 0 Å². The van der Waals surface area contributed by atoms with Crippen molar-refractivity contribution in [1.29, 1.82) is 0 Å². The summed E-state index contributed by atoms with van der Waals surface area (Å²) >= 11 is 0. The molecular weight excluding hydrogens is 204 g/mol. The first kappa shape index (κ1) is 13.9. The van der Waals surface area contributed by atoms with E-state index in [0.717, 1.165) is 39.1 Å². The van der Waals surface area contributed by atoms with Crippen molar-refractivity contribution in [3.63, 3.8) is 0 Å². The molecule has 0 amide bonds. The summed E-state index contributed by atoms with van der Waals surface area (Å²) in [7, 11) is 1.73. The topological polar surface area (TPSA) is 56.5 Å². The maximum absolute atomic E-state index is 5.97. The first-order valence-electron chi connectivity index (χ1n) is 6.39. The zero-order valence-electron chi connectivity index (χ0n) is 10.4. The molecular formula is C12H26N2O2. The minimum absolute atomic E-state index is 0.235. The Morgan fingerprint density at radius 1 is 1.50 bits per heavy atom. The molecule has 0 radical (unpaired) electrons. The average Bonchev–Trinajstić information content (AvgIpc) is 2.31. The van der Waals surface area contributed by atoms with Crippen LogP contribution in [-0.4, -0.2) is 45.6 Å². The van der Waals surface area contributed by atoms with Crippen molar-refractivity contribution in [2.24, 2.45) is 5.73 Å². The third-order valence-electron chi connectivity index (χ3n) is 2.98. The Bertz CT molecular complexity index is 161. The molecule has 0 aromatic carbocycles. The van der Waals surface area contributed by atoms with Crippen molar-refractivity contribution in [2.45, 2.75) is 44.2 Å². The Balaban J connectivity index is 1.92. The number of hydrogen-bond donors (Lipinski definition) is 2. The third kappa shape index (κ3) is 6.43. The minimum atomic E-state index is 0.235. The van der Waals surface area contributed by atoms with Crippen molar-refractivity contribution < 1.29 is 9.47 Å². The van der Waals surface area contributed by atoms with E-state index in [9.17, 15) is 0 Å². The lowest BCUT2D eigenvalue weighted by molar-refractivity contribution is 0.0168. The average molecular weight is 230 g/mol. The van der Waals surface area contributed by atoms with Gasteiger partial charge in [-0.1, -0.05) is 0 Å². The first-order valence-corrected chi connectivity index (χ1v) is 6.39. The van der Waals surface area contributed by atoms with Gasteiger partial charge >= 0.3 is 0 Å². The molecule has 2 unspecified atom stereocenters. The molecule has 1 rings (SSSR count). The molecule has 0 aromatic rings. The normalized spacial score (nSPS) is 23.2. The molecule has 1 saturated heterocycles. The number of rotatable bonds is 8. The molecule has 96 valence electrons. The fourth-order valence-corrected chi connectivity index (χ4v) is 1.99. The maximum Gasteiger partial charge on any atom is 0.0699 e. The van der Waals surface area contributed by atoms with Crippen LogP contribution in [0.3, 0.4) is 0 Å². The molecule has 2 atom stereocenters. The summed E-state index contributed by atoms with van der Waals surface area (Å²) in [4.78, 5) is 0. The predicted molar refractivity (Wildman–Crippen MR) is 65.5 cm³/mol. The van der Waals surface area contributed by atoms with Crippen molar-refractivity contribution in [2.75, 3.05) is 33.4 Å². The first-order chi connectivity index (χ1) is 7.83. The Kier molecular flexibility index (Phi) is 7.76. The van der Waals surface area contributed by atoms with Crippen LogP contribution in [0.15, 0.2) is 0 Å². The summed E-state index contributed by atoms with van der Waals surface area (Å²) in [6.45, 7) is 3.55. The standard InChI is InChI=1S/C12H26N2O2/c1-15-7-4-5-11(13)9-14-10-12-6-2-3-8-16-12/h11-12,14H,2-10,13H2,1H3. The number of nitrogens with one attached hydrogen (secondary N) is 1. The van der Waals surface area contributed by atoms with Gasteiger partial charge in [0.25, 0.3) is 0 Å². The summed E-state index contributed by atoms with van der Waals surface area (Å²) in [5.74, 6) is 0. The Hall–Kier alpha value is -0.160. The van der Waals surface area contributed by atoms with Gasteiger partial charge in [-0.15, -0.1) is 0 Å². The number of ether oxygens (including phenoxy) is 2. The molecule has 0 bridgehead atoms. The quantitative estimate of drug-likeness (QED) is 0.608. The van der Waals surface area contributed by atoms with Gasteiger partial charge in [-0.05, 0) is 32.1 Å². The molecule has 0 spiro atoms. The molecule has 4 nitrogen and oxygen atoms in total. The van der Waals surface area contributed by atoms with Gasteiger partial charge in [-0.2, -0.15) is 0 Å². The van der Waals surface area contributed by atoms with Gasteiger partial charge in [0.15, 0.2) is 0 Å². The van der Waals surface area contributed by atoms with E-state index in [2.05, 4.69) is 5.32 Å². The highest BCUT2D eigenvalue weighted by molar-refractivity contribution is 4.70. The number of methoxy groups -OCH3 is 1. The van der Waals surface area contributed by atoms with Crippen LogP contribution < -0.4 is 11.1 Å². The van der Waals surface area contributed by atoms with E-state index < -0.39 is 0 Å². The Morgan fingerprint density at radius 3 is 3.06 bits per heavy atom. The van der Waals surface area contributed by atoms with Crippen LogP contribution in [0, 0.1) is 0 Å². The largest absolute Gasteiger partial charge is 0.385 e. The second kappa shape index (κ2) is 8.93. The van der Waals surface area contributed by atoms with E-state index in [1.807, 2.05) is 0 Å². The molecule has 16 heavy (non-hydrogen) atoms. The smallest absolute Gasteiger partial charge is 0.0699 e. The molecule has 1 fully saturated rings. The third-order valence-corrected chi connectivity index (χ3v) is 2.98. The zero-order chi connectivity index (χ0) is 11.6. The van der Waals surface area contributed by atoms with Crippen LogP contribution in [0.25, 0.3) is 0 Å². The summed E-state index contributed by atoms with van der Waals surface area (Å²) < 4.78 is 10.6. The maximum atomic E-state index is 5.97. The molecule has 0 aromatic heterocycles. The van der Waals surface area contributed by atoms with Crippen LogP contribution in [0.4, 0.5) is 0 Å². The zero-order valence-corrected chi connectivity index (χ0v) is 10.4. The van der Waals surface area contributed by atoms with E-state index in [1.54, 1.807) is 7.11 Å². The van der Waals surface area contributed by atoms with Gasteiger partial charge in [0.05, 0.1) is 6.10 Å². The Labute approximate surface area is 98.9 Å². The number of hydrogen-bond acceptors (Lipinski definition) is 4. The van der Waals surface area contributed by atoms with Crippen molar-refractivity contribution in [3.05, 3.63) is 0 Å². The molecule has 0 saturated carbocycles. The van der Waals surface area contributed by atoms with Crippen molar-refractivity contribution in [1.82, 2.24) is 5.32 Å². The van der Waals surface area contributed by atoms with E-state index in [4.69, 9.17) is 15.2 Å². The highest BCUT2D eigenvalue weighted by Crippen LogP contribution is 2.11. The van der Waals surface area contributed by atoms with Crippen LogP contribution in [0.2, 0.25) is 0 Å². The second-order valence-corrected chi connectivity index (χ2v) is 4.54.